The number of nitrogens with one attached hydrogen (secondary N) is 1. The Morgan fingerprint density at radius 1 is 1.50 bits per heavy atom. The molecule has 6 heteroatoms. The summed E-state index contributed by atoms with van der Waals surface area (Å²) in [6.07, 6.45) is 0. The van der Waals surface area contributed by atoms with E-state index >= 15 is 0 Å². The van der Waals surface area contributed by atoms with E-state index in [1.165, 1.54) is 4.68 Å². The number of carbonyl (C=O) groups is 2. The van der Waals surface area contributed by atoms with Gasteiger partial charge in [0, 0.05) is 11.3 Å². The first-order valence-corrected chi connectivity index (χ1v) is 5.56. The summed E-state index contributed by atoms with van der Waals surface area (Å²) in [7, 11) is 0. The molecule has 0 radical (unpaired) electrons. The third-order valence-electron chi connectivity index (χ3n) is 2.16. The molecule has 0 aliphatic heterocycles. The van der Waals surface area contributed by atoms with Gasteiger partial charge in [0.05, 0.1) is 12.2 Å². The van der Waals surface area contributed by atoms with Crippen molar-refractivity contribution in [3.63, 3.8) is 0 Å². The third kappa shape index (κ3) is 3.73. The lowest BCUT2D eigenvalue weighted by Crippen LogP contribution is -2.33. The van der Waals surface area contributed by atoms with Crippen LogP contribution in [0.25, 0.3) is 0 Å². The molecule has 0 aromatic carbocycles. The van der Waals surface area contributed by atoms with E-state index in [9.17, 15) is 9.59 Å². The first kappa shape index (κ1) is 14.0. The number of nitrogens with zero attached hydrogens (tertiary/aromatic N) is 2. The maximum Gasteiger partial charge on any atom is 0.342 e. The van der Waals surface area contributed by atoms with Crippen LogP contribution in [0.4, 0.5) is 4.79 Å². The summed E-state index contributed by atoms with van der Waals surface area (Å²) in [5, 5.41) is 6.64. The van der Waals surface area contributed by atoms with Gasteiger partial charge in [0.2, 0.25) is 0 Å². The van der Waals surface area contributed by atoms with E-state index in [0.29, 0.717) is 5.57 Å². The van der Waals surface area contributed by atoms with Crippen molar-refractivity contribution >= 4 is 12.0 Å². The molecule has 0 fully saturated rings. The molecule has 0 spiro atoms. The first-order chi connectivity index (χ1) is 8.41. The topological polar surface area (TPSA) is 73.2 Å². The smallest absolute Gasteiger partial charge is 0.342 e. The van der Waals surface area contributed by atoms with Gasteiger partial charge in [-0.15, -0.1) is 0 Å². The van der Waals surface area contributed by atoms with E-state index in [4.69, 9.17) is 4.74 Å². The number of ether oxygens (including phenoxy) is 1. The lowest BCUT2D eigenvalue weighted by molar-refractivity contribution is -0.138. The molecule has 98 valence electrons. The zero-order valence-corrected chi connectivity index (χ0v) is 10.8. The van der Waals surface area contributed by atoms with Crippen molar-refractivity contribution in [3.8, 4) is 0 Å². The summed E-state index contributed by atoms with van der Waals surface area (Å²) in [6.45, 7) is 8.96. The van der Waals surface area contributed by atoms with Crippen molar-refractivity contribution in [1.82, 2.24) is 15.1 Å². The van der Waals surface area contributed by atoms with E-state index < -0.39 is 5.97 Å². The lowest BCUT2D eigenvalue weighted by atomic mass is 10.4. The standard InChI is InChI=1S/C12H17N3O3/c1-8(2)11(16)18-6-5-13-12(17)15-10(4)7-9(3)14-15/h7H,1,5-6H2,2-4H3,(H,13,17). The monoisotopic (exact) mass is 251 g/mol. The molecule has 18 heavy (non-hydrogen) atoms. The second kappa shape index (κ2) is 6.00. The minimum Gasteiger partial charge on any atom is -0.460 e. The molecule has 0 aliphatic carbocycles. The minimum absolute atomic E-state index is 0.108. The Morgan fingerprint density at radius 2 is 2.17 bits per heavy atom. The molecule has 1 amide bonds. The second-order valence-corrected chi connectivity index (χ2v) is 3.99. The minimum atomic E-state index is -0.463. The van der Waals surface area contributed by atoms with Crippen LogP contribution in [0.3, 0.4) is 0 Å². The highest BCUT2D eigenvalue weighted by Crippen LogP contribution is 2.00. The molecule has 0 saturated carbocycles. The van der Waals surface area contributed by atoms with E-state index in [0.717, 1.165) is 11.4 Å². The Kier molecular flexibility index (Phi) is 4.65. The quantitative estimate of drug-likeness (QED) is 0.495. The fraction of sp³-hybridized carbons (Fsp3) is 0.417. The molecule has 6 nitrogen and oxygen atoms in total. The maximum absolute atomic E-state index is 11.7. The van der Waals surface area contributed by atoms with Crippen molar-refractivity contribution in [2.24, 2.45) is 0 Å². The van der Waals surface area contributed by atoms with Crippen LogP contribution in [0, 0.1) is 13.8 Å². The highest BCUT2D eigenvalue weighted by Gasteiger charge is 2.09. The summed E-state index contributed by atoms with van der Waals surface area (Å²) in [4.78, 5) is 22.8. The summed E-state index contributed by atoms with van der Waals surface area (Å²) in [5.74, 6) is -0.463. The van der Waals surface area contributed by atoms with E-state index in [1.807, 2.05) is 6.92 Å². The van der Waals surface area contributed by atoms with Crippen LogP contribution in [0.5, 0.6) is 0 Å². The van der Waals surface area contributed by atoms with Crippen LogP contribution in [0.2, 0.25) is 0 Å². The molecule has 1 heterocycles. The van der Waals surface area contributed by atoms with Gasteiger partial charge in [0.25, 0.3) is 0 Å². The summed E-state index contributed by atoms with van der Waals surface area (Å²) < 4.78 is 6.12. The second-order valence-electron chi connectivity index (χ2n) is 3.99. The van der Waals surface area contributed by atoms with Crippen LogP contribution >= 0.6 is 0 Å². The molecule has 0 aliphatic rings. The Morgan fingerprint density at radius 3 is 2.67 bits per heavy atom. The highest BCUT2D eigenvalue weighted by molar-refractivity contribution is 5.86. The number of aryl methyl sites for hydroxylation is 2. The summed E-state index contributed by atoms with van der Waals surface area (Å²) in [5.41, 5.74) is 1.86. The highest BCUT2D eigenvalue weighted by atomic mass is 16.5. The van der Waals surface area contributed by atoms with E-state index in [1.54, 1.807) is 19.9 Å². The number of rotatable bonds is 4. The average molecular weight is 251 g/mol. The van der Waals surface area contributed by atoms with Gasteiger partial charge in [-0.25, -0.2) is 9.59 Å². The molecule has 0 atom stereocenters. The van der Waals surface area contributed by atoms with Crippen LogP contribution in [0.1, 0.15) is 18.3 Å². The molecule has 0 saturated heterocycles. The Labute approximate surface area is 106 Å². The predicted octanol–water partition coefficient (Wildman–Crippen LogP) is 1.18. The number of hydrogen-bond acceptors (Lipinski definition) is 4. The normalized spacial score (nSPS) is 9.94. The van der Waals surface area contributed by atoms with Gasteiger partial charge in [-0.1, -0.05) is 6.58 Å². The van der Waals surface area contributed by atoms with Crippen molar-refractivity contribution in [2.75, 3.05) is 13.2 Å². The molecule has 0 unspecified atom stereocenters. The first-order valence-electron chi connectivity index (χ1n) is 5.56. The van der Waals surface area contributed by atoms with Crippen molar-refractivity contribution in [1.29, 1.82) is 0 Å². The van der Waals surface area contributed by atoms with Gasteiger partial charge >= 0.3 is 12.0 Å². The maximum atomic E-state index is 11.7. The van der Waals surface area contributed by atoms with Crippen molar-refractivity contribution in [2.45, 2.75) is 20.8 Å². The molecule has 0 bridgehead atoms. The Hall–Kier alpha value is -2.11. The average Bonchev–Trinajstić information content (AvgIpc) is 2.63. The largest absolute Gasteiger partial charge is 0.460 e. The molecule has 1 rings (SSSR count). The number of carbonyl (C=O) groups excluding carboxylic acids is 2. The number of amides is 1. The van der Waals surface area contributed by atoms with Crippen LogP contribution in [0.15, 0.2) is 18.2 Å². The molecule has 1 aromatic heterocycles. The molecule has 1 aromatic rings. The lowest BCUT2D eigenvalue weighted by Gasteiger charge is -2.07. The van der Waals surface area contributed by atoms with Crippen LogP contribution < -0.4 is 5.32 Å². The summed E-state index contributed by atoms with van der Waals surface area (Å²) in [6, 6.07) is 1.47. The van der Waals surface area contributed by atoms with E-state index in [-0.39, 0.29) is 19.2 Å². The zero-order chi connectivity index (χ0) is 13.7. The van der Waals surface area contributed by atoms with Gasteiger partial charge in [0.1, 0.15) is 6.61 Å². The Bertz CT molecular complexity index is 477. The predicted molar refractivity (Wildman–Crippen MR) is 66.3 cm³/mol. The van der Waals surface area contributed by atoms with Gasteiger partial charge in [-0.05, 0) is 26.8 Å². The van der Waals surface area contributed by atoms with Gasteiger partial charge < -0.3 is 10.1 Å². The molecular formula is C12H17N3O3. The van der Waals surface area contributed by atoms with Crippen LogP contribution in [-0.2, 0) is 9.53 Å². The fourth-order valence-corrected chi connectivity index (χ4v) is 1.33. The SMILES string of the molecule is C=C(C)C(=O)OCCNC(=O)n1nc(C)cc1C. The van der Waals surface area contributed by atoms with Gasteiger partial charge in [-0.2, -0.15) is 9.78 Å². The zero-order valence-electron chi connectivity index (χ0n) is 10.8. The van der Waals surface area contributed by atoms with E-state index in [2.05, 4.69) is 17.0 Å². The Balaban J connectivity index is 2.36. The molecular weight excluding hydrogens is 234 g/mol. The van der Waals surface area contributed by atoms with Gasteiger partial charge in [0.15, 0.2) is 0 Å². The third-order valence-corrected chi connectivity index (χ3v) is 2.16. The number of aromatic nitrogens is 2. The fourth-order valence-electron chi connectivity index (χ4n) is 1.33. The number of hydrogen-bond donors (Lipinski definition) is 1. The van der Waals surface area contributed by atoms with Crippen molar-refractivity contribution < 1.29 is 14.3 Å². The van der Waals surface area contributed by atoms with Crippen LogP contribution in [-0.4, -0.2) is 34.9 Å². The van der Waals surface area contributed by atoms with Crippen molar-refractivity contribution in [3.05, 3.63) is 29.6 Å². The summed E-state index contributed by atoms with van der Waals surface area (Å²) >= 11 is 0. The number of esters is 1. The van der Waals surface area contributed by atoms with Gasteiger partial charge in [-0.3, -0.25) is 0 Å². The molecule has 1 N–H and O–H groups in total.